The maximum atomic E-state index is 9.25. The topological polar surface area (TPSA) is 50.7 Å². The van der Waals surface area contributed by atoms with Gasteiger partial charge in [0, 0.05) is 12.1 Å². The Morgan fingerprint density at radius 2 is 1.85 bits per heavy atom. The van der Waals surface area contributed by atoms with Gasteiger partial charge in [-0.2, -0.15) is 0 Å². The summed E-state index contributed by atoms with van der Waals surface area (Å²) in [6.45, 7) is 1.17. The lowest BCUT2D eigenvalue weighted by Gasteiger charge is -2.13. The summed E-state index contributed by atoms with van der Waals surface area (Å²) in [5.41, 5.74) is 2.06. The maximum absolute atomic E-state index is 9.25. The smallest absolute Gasteiger partial charge is 0.124 e. The van der Waals surface area contributed by atoms with Gasteiger partial charge >= 0.3 is 0 Å². The fourth-order valence-electron chi connectivity index (χ4n) is 1.91. The third-order valence-electron chi connectivity index (χ3n) is 2.97. The molecule has 0 spiro atoms. The lowest BCUT2D eigenvalue weighted by Crippen LogP contribution is -2.08. The van der Waals surface area contributed by atoms with Crippen LogP contribution in [-0.4, -0.2) is 19.3 Å². The normalized spacial score (nSPS) is 10.3. The van der Waals surface area contributed by atoms with Crippen LogP contribution in [0.5, 0.6) is 17.2 Å². The molecular formula is C16H19NO3. The number of rotatable bonds is 6. The molecule has 20 heavy (non-hydrogen) atoms. The van der Waals surface area contributed by atoms with Crippen LogP contribution in [0.15, 0.2) is 42.5 Å². The summed E-state index contributed by atoms with van der Waals surface area (Å²) in [4.78, 5) is 0. The Hall–Kier alpha value is -2.20. The highest BCUT2D eigenvalue weighted by atomic mass is 16.5. The minimum atomic E-state index is 0.258. The van der Waals surface area contributed by atoms with Gasteiger partial charge in [0.15, 0.2) is 0 Å². The molecule has 0 bridgehead atoms. The highest BCUT2D eigenvalue weighted by molar-refractivity contribution is 5.40. The Morgan fingerprint density at radius 1 is 1.10 bits per heavy atom. The van der Waals surface area contributed by atoms with E-state index in [1.165, 1.54) is 0 Å². The van der Waals surface area contributed by atoms with E-state index >= 15 is 0 Å². The molecule has 106 valence electrons. The Bertz CT molecular complexity index is 552. The van der Waals surface area contributed by atoms with Crippen molar-refractivity contribution in [2.45, 2.75) is 13.2 Å². The lowest BCUT2D eigenvalue weighted by molar-refractivity contribution is 0.301. The van der Waals surface area contributed by atoms with Gasteiger partial charge in [0.1, 0.15) is 23.9 Å². The van der Waals surface area contributed by atoms with Gasteiger partial charge in [0.25, 0.3) is 0 Å². The predicted octanol–water partition coefficient (Wildman–Crippen LogP) is 2.70. The van der Waals surface area contributed by atoms with E-state index in [-0.39, 0.29) is 5.75 Å². The van der Waals surface area contributed by atoms with E-state index in [0.29, 0.717) is 13.2 Å². The molecule has 0 amide bonds. The zero-order chi connectivity index (χ0) is 14.4. The number of ether oxygens (including phenoxy) is 2. The van der Waals surface area contributed by atoms with Gasteiger partial charge in [-0.15, -0.1) is 0 Å². The number of aromatic hydroxyl groups is 1. The highest BCUT2D eigenvalue weighted by Gasteiger charge is 2.05. The molecule has 2 N–H and O–H groups in total. The van der Waals surface area contributed by atoms with Crippen LogP contribution in [0, 0.1) is 0 Å². The molecule has 4 heteroatoms. The number of benzene rings is 2. The van der Waals surface area contributed by atoms with Crippen LogP contribution >= 0.6 is 0 Å². The average Bonchev–Trinajstić information content (AvgIpc) is 2.48. The molecule has 0 radical (unpaired) electrons. The van der Waals surface area contributed by atoms with Gasteiger partial charge in [-0.1, -0.05) is 12.1 Å². The molecule has 0 aliphatic carbocycles. The van der Waals surface area contributed by atoms with E-state index in [2.05, 4.69) is 5.32 Å². The fourth-order valence-corrected chi connectivity index (χ4v) is 1.91. The third kappa shape index (κ3) is 3.65. The summed E-state index contributed by atoms with van der Waals surface area (Å²) in [7, 11) is 3.54. The molecule has 0 aliphatic rings. The first-order valence-electron chi connectivity index (χ1n) is 6.45. The van der Waals surface area contributed by atoms with Gasteiger partial charge in [-0.05, 0) is 42.9 Å². The Kier molecular flexibility index (Phi) is 4.85. The van der Waals surface area contributed by atoms with Crippen molar-refractivity contribution >= 4 is 0 Å². The van der Waals surface area contributed by atoms with Crippen molar-refractivity contribution in [1.29, 1.82) is 0 Å². The number of phenols is 1. The van der Waals surface area contributed by atoms with E-state index in [9.17, 15) is 5.11 Å². The van der Waals surface area contributed by atoms with Crippen molar-refractivity contribution < 1.29 is 14.6 Å². The Balaban J connectivity index is 2.09. The lowest BCUT2D eigenvalue weighted by atomic mass is 10.2. The highest BCUT2D eigenvalue weighted by Crippen LogP contribution is 2.25. The van der Waals surface area contributed by atoms with Crippen LogP contribution in [0.1, 0.15) is 11.1 Å². The van der Waals surface area contributed by atoms with E-state index < -0.39 is 0 Å². The monoisotopic (exact) mass is 273 g/mol. The van der Waals surface area contributed by atoms with Crippen LogP contribution in [-0.2, 0) is 13.2 Å². The van der Waals surface area contributed by atoms with Crippen LogP contribution in [0.3, 0.4) is 0 Å². The van der Waals surface area contributed by atoms with Crippen molar-refractivity contribution in [1.82, 2.24) is 5.32 Å². The summed E-state index contributed by atoms with van der Waals surface area (Å²) >= 11 is 0. The fraction of sp³-hybridized carbons (Fsp3) is 0.250. The van der Waals surface area contributed by atoms with Crippen molar-refractivity contribution in [3.63, 3.8) is 0 Å². The first-order valence-corrected chi connectivity index (χ1v) is 6.45. The molecule has 0 aliphatic heterocycles. The van der Waals surface area contributed by atoms with Crippen molar-refractivity contribution in [2.75, 3.05) is 14.2 Å². The maximum Gasteiger partial charge on any atom is 0.124 e. The first-order chi connectivity index (χ1) is 9.72. The first kappa shape index (κ1) is 14.2. The van der Waals surface area contributed by atoms with Crippen LogP contribution in [0.4, 0.5) is 0 Å². The Labute approximate surface area is 119 Å². The van der Waals surface area contributed by atoms with Crippen molar-refractivity contribution in [2.24, 2.45) is 0 Å². The summed E-state index contributed by atoms with van der Waals surface area (Å²) in [6, 6.07) is 12.7. The Morgan fingerprint density at radius 3 is 2.50 bits per heavy atom. The van der Waals surface area contributed by atoms with Gasteiger partial charge in [-0.3, -0.25) is 0 Å². The van der Waals surface area contributed by atoms with Crippen molar-refractivity contribution in [3.05, 3.63) is 53.6 Å². The van der Waals surface area contributed by atoms with Gasteiger partial charge in [0.2, 0.25) is 0 Å². The number of phenolic OH excluding ortho intramolecular Hbond substituents is 1. The van der Waals surface area contributed by atoms with E-state index in [1.807, 2.05) is 37.4 Å². The second kappa shape index (κ2) is 6.82. The molecule has 0 atom stereocenters. The summed E-state index contributed by atoms with van der Waals surface area (Å²) in [5, 5.41) is 12.4. The van der Waals surface area contributed by atoms with Gasteiger partial charge in [-0.25, -0.2) is 0 Å². The molecule has 2 rings (SSSR count). The minimum Gasteiger partial charge on any atom is -0.508 e. The molecule has 0 unspecified atom stereocenters. The zero-order valence-corrected chi connectivity index (χ0v) is 11.7. The summed E-state index contributed by atoms with van der Waals surface area (Å²) < 4.78 is 11.1. The van der Waals surface area contributed by atoms with Crippen LogP contribution in [0.25, 0.3) is 0 Å². The van der Waals surface area contributed by atoms with Crippen LogP contribution < -0.4 is 14.8 Å². The molecule has 0 saturated carbocycles. The van der Waals surface area contributed by atoms with Gasteiger partial charge < -0.3 is 19.9 Å². The summed E-state index contributed by atoms with van der Waals surface area (Å²) in [6.07, 6.45) is 0. The molecule has 0 heterocycles. The van der Waals surface area contributed by atoms with Crippen molar-refractivity contribution in [3.8, 4) is 17.2 Å². The quantitative estimate of drug-likeness (QED) is 0.849. The van der Waals surface area contributed by atoms with E-state index in [1.54, 1.807) is 19.2 Å². The largest absolute Gasteiger partial charge is 0.508 e. The van der Waals surface area contributed by atoms with Gasteiger partial charge in [0.05, 0.1) is 7.11 Å². The standard InChI is InChI=1S/C16H19NO3/c1-17-10-13-9-15(19-2)7-8-16(13)20-11-12-3-5-14(18)6-4-12/h3-9,17-18H,10-11H2,1-2H3. The number of nitrogens with one attached hydrogen (secondary N) is 1. The third-order valence-corrected chi connectivity index (χ3v) is 2.97. The number of hydrogen-bond acceptors (Lipinski definition) is 4. The molecule has 2 aromatic rings. The predicted molar refractivity (Wildman–Crippen MR) is 78.2 cm³/mol. The SMILES string of the molecule is CNCc1cc(OC)ccc1OCc1ccc(O)cc1. The van der Waals surface area contributed by atoms with Crippen LogP contribution in [0.2, 0.25) is 0 Å². The molecular weight excluding hydrogens is 254 g/mol. The minimum absolute atomic E-state index is 0.258. The molecule has 4 nitrogen and oxygen atoms in total. The molecule has 0 saturated heterocycles. The molecule has 0 fully saturated rings. The molecule has 0 aromatic heterocycles. The second-order valence-corrected chi connectivity index (χ2v) is 4.46. The number of methoxy groups -OCH3 is 1. The number of hydrogen-bond donors (Lipinski definition) is 2. The van der Waals surface area contributed by atoms with E-state index in [0.717, 1.165) is 22.6 Å². The van der Waals surface area contributed by atoms with E-state index in [4.69, 9.17) is 9.47 Å². The molecule has 2 aromatic carbocycles. The second-order valence-electron chi connectivity index (χ2n) is 4.46. The summed E-state index contributed by atoms with van der Waals surface area (Å²) in [5.74, 6) is 1.90. The zero-order valence-electron chi connectivity index (χ0n) is 11.7. The average molecular weight is 273 g/mol.